The van der Waals surface area contributed by atoms with Gasteiger partial charge in [-0.25, -0.2) is 13.8 Å². The van der Waals surface area contributed by atoms with Crippen LogP contribution >= 0.6 is 38.5 Å². The molecule has 0 radical (unpaired) electrons. The molecule has 0 bridgehead atoms. The number of aliphatic hydroxyl groups is 1. The maximum Gasteiger partial charge on any atom is 0.280 e. The molecule has 0 amide bonds. The summed E-state index contributed by atoms with van der Waals surface area (Å²) in [7, 11) is 0. The highest BCUT2D eigenvalue weighted by atomic mass is 127. The van der Waals surface area contributed by atoms with Crippen molar-refractivity contribution in [3.63, 3.8) is 0 Å². The van der Waals surface area contributed by atoms with Crippen LogP contribution in [0.3, 0.4) is 0 Å². The van der Waals surface area contributed by atoms with E-state index >= 15 is 0 Å². The van der Waals surface area contributed by atoms with Crippen LogP contribution in [0.25, 0.3) is 0 Å². The Morgan fingerprint density at radius 2 is 2.23 bits per heavy atom. The maximum absolute atomic E-state index is 12.3. The minimum absolute atomic E-state index is 0.155. The smallest absolute Gasteiger partial charge is 0.280 e. The average Bonchev–Trinajstić information content (AvgIpc) is 2.08. The monoisotopic (exact) mass is 363 g/mol. The highest BCUT2D eigenvalue weighted by molar-refractivity contribution is 14.1. The average molecular weight is 364 g/mol. The molecule has 0 aliphatic heterocycles. The molecule has 6 heteroatoms. The van der Waals surface area contributed by atoms with Crippen LogP contribution in [0.4, 0.5) is 8.78 Å². The number of aromatic nitrogens is 1. The SMILES string of the molecule is OCc1cc(Br)c(I)nc1C(F)F. The third-order valence-corrected chi connectivity index (χ3v) is 3.59. The molecule has 1 rings (SSSR count). The number of hydrogen-bond acceptors (Lipinski definition) is 2. The van der Waals surface area contributed by atoms with Crippen LogP contribution < -0.4 is 0 Å². The predicted molar refractivity (Wildman–Crippen MR) is 55.5 cm³/mol. The number of hydrogen-bond donors (Lipinski definition) is 1. The van der Waals surface area contributed by atoms with Crippen LogP contribution in [-0.4, -0.2) is 10.1 Å². The molecule has 0 aliphatic carbocycles. The molecule has 0 saturated carbocycles. The molecule has 1 aromatic heterocycles. The van der Waals surface area contributed by atoms with Gasteiger partial charge >= 0.3 is 0 Å². The summed E-state index contributed by atoms with van der Waals surface area (Å²) in [6, 6.07) is 1.45. The van der Waals surface area contributed by atoms with Crippen LogP contribution in [-0.2, 0) is 6.61 Å². The zero-order chi connectivity index (χ0) is 10.0. The number of aliphatic hydroxyl groups excluding tert-OH is 1. The fourth-order valence-electron chi connectivity index (χ4n) is 0.833. The van der Waals surface area contributed by atoms with Gasteiger partial charge in [0.2, 0.25) is 0 Å². The van der Waals surface area contributed by atoms with Crippen LogP contribution in [0, 0.1) is 3.70 Å². The van der Waals surface area contributed by atoms with Gasteiger partial charge in [-0.2, -0.15) is 0 Å². The molecule has 1 N–H and O–H groups in total. The first kappa shape index (κ1) is 11.3. The Labute approximate surface area is 95.6 Å². The molecule has 2 nitrogen and oxygen atoms in total. The van der Waals surface area contributed by atoms with Gasteiger partial charge in [0, 0.05) is 10.0 Å². The Morgan fingerprint density at radius 3 is 2.69 bits per heavy atom. The first-order valence-corrected chi connectivity index (χ1v) is 5.17. The van der Waals surface area contributed by atoms with E-state index in [1.165, 1.54) is 6.07 Å². The molecule has 1 heterocycles. The zero-order valence-electron chi connectivity index (χ0n) is 6.27. The molecule has 0 fully saturated rings. The van der Waals surface area contributed by atoms with E-state index in [1.807, 2.05) is 22.6 Å². The van der Waals surface area contributed by atoms with Gasteiger partial charge in [-0.05, 0) is 44.6 Å². The van der Waals surface area contributed by atoms with Gasteiger partial charge in [-0.15, -0.1) is 0 Å². The van der Waals surface area contributed by atoms with Crippen LogP contribution in [0.5, 0.6) is 0 Å². The van der Waals surface area contributed by atoms with Crippen LogP contribution in [0.2, 0.25) is 0 Å². The number of pyridine rings is 1. The standard InChI is InChI=1S/C7H5BrF2INO/c8-4-1-3(2-13)5(6(9)10)12-7(4)11/h1,6,13H,2H2. The summed E-state index contributed by atoms with van der Waals surface area (Å²) >= 11 is 4.99. The molecule has 0 aromatic carbocycles. The first-order chi connectivity index (χ1) is 6.06. The number of nitrogens with zero attached hydrogens (tertiary/aromatic N) is 1. The fourth-order valence-corrected chi connectivity index (χ4v) is 1.61. The summed E-state index contributed by atoms with van der Waals surface area (Å²) in [6.07, 6.45) is -2.65. The normalized spacial score (nSPS) is 10.9. The predicted octanol–water partition coefficient (Wildman–Crippen LogP) is 2.88. The minimum Gasteiger partial charge on any atom is -0.392 e. The van der Waals surface area contributed by atoms with Crippen LogP contribution in [0.15, 0.2) is 10.5 Å². The summed E-state index contributed by atoms with van der Waals surface area (Å²) in [4.78, 5) is 3.67. The van der Waals surface area contributed by atoms with Crippen molar-refractivity contribution < 1.29 is 13.9 Å². The third kappa shape index (κ3) is 2.57. The summed E-state index contributed by atoms with van der Waals surface area (Å²) in [5.41, 5.74) is -0.197. The van der Waals surface area contributed by atoms with Crippen molar-refractivity contribution in [3.05, 3.63) is 25.5 Å². The van der Waals surface area contributed by atoms with Gasteiger partial charge in [0.05, 0.1) is 6.61 Å². The van der Waals surface area contributed by atoms with Crippen LogP contribution in [0.1, 0.15) is 17.7 Å². The number of alkyl halides is 2. The molecule has 0 spiro atoms. The largest absolute Gasteiger partial charge is 0.392 e. The Kier molecular flexibility index (Phi) is 3.99. The Morgan fingerprint density at radius 1 is 1.62 bits per heavy atom. The van der Waals surface area contributed by atoms with E-state index in [4.69, 9.17) is 5.11 Å². The summed E-state index contributed by atoms with van der Waals surface area (Å²) in [6.45, 7) is -0.428. The van der Waals surface area contributed by atoms with Crippen molar-refractivity contribution in [2.45, 2.75) is 13.0 Å². The Bertz CT molecular complexity index is 322. The summed E-state index contributed by atoms with van der Waals surface area (Å²) in [5.74, 6) is 0. The highest BCUT2D eigenvalue weighted by Crippen LogP contribution is 2.26. The summed E-state index contributed by atoms with van der Waals surface area (Å²) in [5, 5.41) is 8.79. The van der Waals surface area contributed by atoms with E-state index in [9.17, 15) is 8.78 Å². The molecular weight excluding hydrogens is 359 g/mol. The number of rotatable bonds is 2. The van der Waals surface area contributed by atoms with E-state index in [0.29, 0.717) is 8.17 Å². The summed E-state index contributed by atoms with van der Waals surface area (Å²) < 4.78 is 25.7. The molecular formula is C7H5BrF2INO. The van der Waals surface area contributed by atoms with Gasteiger partial charge in [0.15, 0.2) is 0 Å². The lowest BCUT2D eigenvalue weighted by atomic mass is 10.2. The van der Waals surface area contributed by atoms with E-state index in [-0.39, 0.29) is 11.3 Å². The lowest BCUT2D eigenvalue weighted by Crippen LogP contribution is -2.01. The second-order valence-corrected chi connectivity index (χ2v) is 4.14. The quantitative estimate of drug-likeness (QED) is 0.647. The number of halogens is 4. The maximum atomic E-state index is 12.3. The second-order valence-electron chi connectivity index (χ2n) is 2.26. The molecule has 0 atom stereocenters. The lowest BCUT2D eigenvalue weighted by molar-refractivity contribution is 0.141. The second kappa shape index (κ2) is 4.61. The third-order valence-electron chi connectivity index (χ3n) is 1.42. The molecule has 72 valence electrons. The van der Waals surface area contributed by atoms with E-state index < -0.39 is 13.0 Å². The fraction of sp³-hybridized carbons (Fsp3) is 0.286. The molecule has 13 heavy (non-hydrogen) atoms. The van der Waals surface area contributed by atoms with Gasteiger partial charge in [0.1, 0.15) is 9.39 Å². The van der Waals surface area contributed by atoms with Crippen molar-refractivity contribution in [1.82, 2.24) is 4.98 Å². The van der Waals surface area contributed by atoms with Gasteiger partial charge in [-0.1, -0.05) is 0 Å². The lowest BCUT2D eigenvalue weighted by Gasteiger charge is -2.06. The van der Waals surface area contributed by atoms with E-state index in [0.717, 1.165) is 0 Å². The first-order valence-electron chi connectivity index (χ1n) is 3.30. The Balaban J connectivity index is 3.25. The zero-order valence-corrected chi connectivity index (χ0v) is 10.0. The Hall–Kier alpha value is 0.180. The van der Waals surface area contributed by atoms with Crippen molar-refractivity contribution >= 4 is 38.5 Å². The van der Waals surface area contributed by atoms with Crippen molar-refractivity contribution in [2.75, 3.05) is 0 Å². The molecule has 0 aliphatic rings. The van der Waals surface area contributed by atoms with Crippen molar-refractivity contribution in [3.8, 4) is 0 Å². The molecule has 0 saturated heterocycles. The minimum atomic E-state index is -2.65. The van der Waals surface area contributed by atoms with Gasteiger partial charge < -0.3 is 5.11 Å². The topological polar surface area (TPSA) is 33.1 Å². The van der Waals surface area contributed by atoms with Gasteiger partial charge in [0.25, 0.3) is 6.43 Å². The van der Waals surface area contributed by atoms with Gasteiger partial charge in [-0.3, -0.25) is 0 Å². The van der Waals surface area contributed by atoms with Crippen molar-refractivity contribution in [2.24, 2.45) is 0 Å². The molecule has 1 aromatic rings. The molecule has 0 unspecified atom stereocenters. The van der Waals surface area contributed by atoms with E-state index in [1.54, 1.807) is 0 Å². The van der Waals surface area contributed by atoms with E-state index in [2.05, 4.69) is 20.9 Å². The highest BCUT2D eigenvalue weighted by Gasteiger charge is 2.16. The van der Waals surface area contributed by atoms with Crippen molar-refractivity contribution in [1.29, 1.82) is 0 Å².